The molecule has 82 heavy (non-hydrogen) atoms. The van der Waals surface area contributed by atoms with Gasteiger partial charge in [-0.15, -0.1) is 0 Å². The Morgan fingerprint density at radius 3 is 0.524 bits per heavy atom. The molecule has 0 saturated heterocycles. The van der Waals surface area contributed by atoms with Crippen molar-refractivity contribution >= 4 is 23.9 Å². The summed E-state index contributed by atoms with van der Waals surface area (Å²) in [5.41, 5.74) is 0. The quantitative estimate of drug-likeness (QED) is 0.0342. The Morgan fingerprint density at radius 1 is 0.244 bits per heavy atom. The van der Waals surface area contributed by atoms with Crippen molar-refractivity contribution in [1.29, 1.82) is 0 Å². The van der Waals surface area contributed by atoms with Gasteiger partial charge in [-0.25, -0.2) is 0 Å². The average molecular weight is 1210 g/mol. The van der Waals surface area contributed by atoms with Gasteiger partial charge in [0.2, 0.25) is 0 Å². The van der Waals surface area contributed by atoms with Crippen LogP contribution in [0, 0.1) is 0 Å². The second-order valence-corrected chi connectivity index (χ2v) is 22.9. The van der Waals surface area contributed by atoms with Crippen molar-refractivity contribution < 1.29 is 64.6 Å². The minimum Gasteiger partial charge on any atom is -0.550 e. The molecule has 4 N–H and O–H groups in total. The molecule has 0 saturated carbocycles. The Labute approximate surface area is 521 Å². The first-order chi connectivity index (χ1) is 39.1. The minimum absolute atomic E-state index is 0. The maximum Gasteiger partial charge on any atom is 2.00 e. The molecule has 10 heteroatoms. The number of hydrogen-bond donors (Lipinski definition) is 2. The molecule has 0 amide bonds. The van der Waals surface area contributed by atoms with Gasteiger partial charge < -0.3 is 35.5 Å². The molecule has 0 aliphatic carbocycles. The zero-order valence-electron chi connectivity index (χ0n) is 54.8. The number of unbranched alkanes of at least 4 members (excludes halogenated alkanes) is 44. The van der Waals surface area contributed by atoms with Crippen LogP contribution in [-0.2, 0) is 38.7 Å². The number of aliphatic carboxylic acids is 4. The third-order valence-electron chi connectivity index (χ3n) is 14.6. The molecule has 0 unspecified atom stereocenters. The summed E-state index contributed by atoms with van der Waals surface area (Å²) in [6.07, 6.45) is 84.3. The molecular weight excluding hydrogens is 1070 g/mol. The average Bonchev–Trinajstić information content (AvgIpc) is 3.43. The van der Waals surface area contributed by atoms with Crippen LogP contribution in [0.15, 0.2) is 48.6 Å². The van der Waals surface area contributed by atoms with Crippen molar-refractivity contribution in [3.8, 4) is 0 Å². The van der Waals surface area contributed by atoms with Gasteiger partial charge in [0.15, 0.2) is 0 Å². The molecule has 0 radical (unpaired) electrons. The molecule has 9 nitrogen and oxygen atoms in total. The summed E-state index contributed by atoms with van der Waals surface area (Å²) < 4.78 is 0. The van der Waals surface area contributed by atoms with E-state index in [1.807, 2.05) is 0 Å². The predicted octanol–water partition coefficient (Wildman–Crippen LogP) is 20.9. The Balaban J connectivity index is -0.000000233. The van der Waals surface area contributed by atoms with Gasteiger partial charge in [-0.05, 0) is 141 Å². The van der Waals surface area contributed by atoms with Crippen molar-refractivity contribution in [3.63, 3.8) is 0 Å². The molecule has 0 aliphatic rings. The fourth-order valence-corrected chi connectivity index (χ4v) is 9.37. The molecule has 0 aliphatic heterocycles. The van der Waals surface area contributed by atoms with E-state index in [1.54, 1.807) is 0 Å². The van der Waals surface area contributed by atoms with Crippen LogP contribution in [0.2, 0.25) is 0 Å². The fourth-order valence-electron chi connectivity index (χ4n) is 9.37. The molecule has 0 aromatic carbocycles. The summed E-state index contributed by atoms with van der Waals surface area (Å²) in [4.78, 5) is 41.1. The van der Waals surface area contributed by atoms with Crippen molar-refractivity contribution in [2.75, 3.05) is 0 Å². The molecule has 0 heterocycles. The smallest absolute Gasteiger partial charge is 0.550 e. The van der Waals surface area contributed by atoms with Gasteiger partial charge in [0.1, 0.15) is 0 Å². The van der Waals surface area contributed by atoms with Gasteiger partial charge in [-0.2, -0.15) is 0 Å². The standard InChI is InChI=1S/4C18H34O2.H2O.Zn/c4*1-2-3-4-5-6-7-8-9-10-11-12-13-14-15-16-17-18(19)20;;/h4*9-10H,2-8,11-17H2,1H3,(H,19,20);1H2;/q;;;;;+2/p-2/b4*10-9-;;. The van der Waals surface area contributed by atoms with Gasteiger partial charge in [-0.1, -0.05) is 282 Å². The van der Waals surface area contributed by atoms with Crippen LogP contribution in [0.4, 0.5) is 0 Å². The monoisotopic (exact) mass is 1210 g/mol. The van der Waals surface area contributed by atoms with E-state index >= 15 is 0 Å². The normalized spacial score (nSPS) is 11.0. The second-order valence-electron chi connectivity index (χ2n) is 22.9. The summed E-state index contributed by atoms with van der Waals surface area (Å²) in [5.74, 6) is -3.16. The second kappa shape index (κ2) is 87.2. The Morgan fingerprint density at radius 2 is 0.378 bits per heavy atom. The Hall–Kier alpha value is -2.58. The Kier molecular flexibility index (Phi) is 96.4. The number of carbonyl (C=O) groups is 4. The summed E-state index contributed by atoms with van der Waals surface area (Å²) in [6, 6.07) is 0. The molecule has 0 atom stereocenters. The molecule has 0 aromatic heterocycles. The van der Waals surface area contributed by atoms with Crippen LogP contribution < -0.4 is 10.2 Å². The van der Waals surface area contributed by atoms with E-state index in [0.717, 1.165) is 64.2 Å². The Bertz CT molecular complexity index is 1150. The predicted molar refractivity (Wildman–Crippen MR) is 347 cm³/mol. The van der Waals surface area contributed by atoms with Crippen LogP contribution in [-0.4, -0.2) is 39.6 Å². The van der Waals surface area contributed by atoms with E-state index in [2.05, 4.69) is 76.3 Å². The van der Waals surface area contributed by atoms with Crippen molar-refractivity contribution in [1.82, 2.24) is 0 Å². The number of allylic oxidation sites excluding steroid dienone is 8. The summed E-state index contributed by atoms with van der Waals surface area (Å²) >= 11 is 0. The maximum absolute atomic E-state index is 10.3. The zero-order valence-corrected chi connectivity index (χ0v) is 57.7. The molecule has 0 bridgehead atoms. The molecule has 480 valence electrons. The largest absolute Gasteiger partial charge is 2.00 e. The van der Waals surface area contributed by atoms with Crippen molar-refractivity contribution in [3.05, 3.63) is 48.6 Å². The number of carboxylic acids is 4. The van der Waals surface area contributed by atoms with Gasteiger partial charge in [-0.3, -0.25) is 9.59 Å². The van der Waals surface area contributed by atoms with Crippen LogP contribution in [0.1, 0.15) is 387 Å². The minimum atomic E-state index is -0.914. The topological polar surface area (TPSA) is 186 Å². The molecule has 0 aromatic rings. The third kappa shape index (κ3) is 106. The van der Waals surface area contributed by atoms with Crippen LogP contribution in [0.3, 0.4) is 0 Å². The maximum atomic E-state index is 10.3. The summed E-state index contributed by atoms with van der Waals surface area (Å²) in [6.45, 7) is 9.03. The van der Waals surface area contributed by atoms with E-state index in [-0.39, 0.29) is 37.8 Å². The number of carboxylic acid groups (broad SMARTS) is 4. The van der Waals surface area contributed by atoms with Gasteiger partial charge in [0.25, 0.3) is 0 Å². The fraction of sp³-hybridized carbons (Fsp3) is 0.833. The first-order valence-corrected chi connectivity index (χ1v) is 34.5. The number of carbonyl (C=O) groups excluding carboxylic acids is 2. The van der Waals surface area contributed by atoms with Crippen molar-refractivity contribution in [2.24, 2.45) is 0 Å². The van der Waals surface area contributed by atoms with E-state index in [1.165, 1.54) is 270 Å². The van der Waals surface area contributed by atoms with Crippen LogP contribution in [0.25, 0.3) is 0 Å². The molecule has 0 fully saturated rings. The van der Waals surface area contributed by atoms with Gasteiger partial charge >= 0.3 is 31.4 Å². The number of hydrogen-bond acceptors (Lipinski definition) is 6. The molecule has 0 spiro atoms. The first kappa shape index (κ1) is 90.6. The van der Waals surface area contributed by atoms with Crippen LogP contribution >= 0.6 is 0 Å². The van der Waals surface area contributed by atoms with Gasteiger partial charge in [0, 0.05) is 24.8 Å². The van der Waals surface area contributed by atoms with Crippen LogP contribution in [0.5, 0.6) is 0 Å². The SMILES string of the molecule is CCCCCCCC/C=C\CCCCCCCC(=O)O.CCCCCCCC/C=C\CCCCCCCC(=O)O.CCCCCCCC/C=C\CCCCCCCC(=O)[O-].CCCCCCCC/C=C\CCCCCCCC(=O)[O-].O.[Zn+2]. The molecular formula is C72H136O9Zn. The van der Waals surface area contributed by atoms with Crippen molar-refractivity contribution in [2.45, 2.75) is 387 Å². The summed E-state index contributed by atoms with van der Waals surface area (Å²) in [7, 11) is 0. The first-order valence-electron chi connectivity index (χ1n) is 34.5. The van der Waals surface area contributed by atoms with E-state index in [0.29, 0.717) is 12.8 Å². The third-order valence-corrected chi connectivity index (χ3v) is 14.6. The zero-order chi connectivity index (χ0) is 59.6. The number of rotatable bonds is 60. The van der Waals surface area contributed by atoms with E-state index < -0.39 is 23.9 Å². The van der Waals surface area contributed by atoms with E-state index in [4.69, 9.17) is 10.2 Å². The van der Waals surface area contributed by atoms with Gasteiger partial charge in [0.05, 0.1) is 0 Å². The summed E-state index contributed by atoms with van der Waals surface area (Å²) in [5, 5.41) is 37.4. The van der Waals surface area contributed by atoms with E-state index in [9.17, 15) is 29.4 Å². The molecule has 0 rings (SSSR count).